The molecule has 0 saturated heterocycles. The Bertz CT molecular complexity index is 396. The van der Waals surface area contributed by atoms with Crippen molar-refractivity contribution in [1.29, 1.82) is 0 Å². The van der Waals surface area contributed by atoms with Crippen molar-refractivity contribution in [2.75, 3.05) is 33.5 Å². The molecule has 0 aliphatic carbocycles. The highest BCUT2D eigenvalue weighted by atomic mass is 32.1. The molecule has 0 radical (unpaired) electrons. The highest BCUT2D eigenvalue weighted by molar-refractivity contribution is 7.80. The first-order chi connectivity index (χ1) is 8.65. The van der Waals surface area contributed by atoms with Gasteiger partial charge in [-0.15, -0.1) is 0 Å². The van der Waals surface area contributed by atoms with Gasteiger partial charge in [0.1, 0.15) is 17.3 Å². The van der Waals surface area contributed by atoms with Gasteiger partial charge in [0, 0.05) is 12.7 Å². The molecule has 1 aromatic carbocycles. The predicted octanol–water partition coefficient (Wildman–Crippen LogP) is 1.67. The van der Waals surface area contributed by atoms with Crippen LogP contribution in [0.25, 0.3) is 0 Å². The Kier molecular flexibility index (Phi) is 6.64. The normalized spacial score (nSPS) is 10.3. The average molecular weight is 269 g/mol. The number of aryl methyl sites for hydroxylation is 1. The number of benzene rings is 1. The smallest absolute Gasteiger partial charge is 0.123 e. The molecule has 0 heterocycles. The Balaban J connectivity index is 2.41. The number of thiocarbonyl (C=S) groups is 1. The van der Waals surface area contributed by atoms with Gasteiger partial charge in [0.15, 0.2) is 0 Å². The van der Waals surface area contributed by atoms with Gasteiger partial charge >= 0.3 is 0 Å². The summed E-state index contributed by atoms with van der Waals surface area (Å²) in [5.41, 5.74) is 7.44. The van der Waals surface area contributed by atoms with Crippen LogP contribution in [-0.4, -0.2) is 38.5 Å². The minimum Gasteiger partial charge on any atom is -0.491 e. The summed E-state index contributed by atoms with van der Waals surface area (Å²) in [5, 5.41) is 0. The van der Waals surface area contributed by atoms with E-state index >= 15 is 0 Å². The largest absolute Gasteiger partial charge is 0.491 e. The predicted molar refractivity (Wildman–Crippen MR) is 75.3 cm³/mol. The molecule has 0 spiro atoms. The van der Waals surface area contributed by atoms with Gasteiger partial charge in [0.25, 0.3) is 0 Å². The molecule has 5 heteroatoms. The second kappa shape index (κ2) is 8.02. The third-order valence-corrected chi connectivity index (χ3v) is 2.63. The number of hydrogen-bond donors (Lipinski definition) is 1. The third kappa shape index (κ3) is 5.00. The summed E-state index contributed by atoms with van der Waals surface area (Å²) in [4.78, 5) is 0.371. The van der Waals surface area contributed by atoms with Crippen LogP contribution in [0, 0.1) is 6.92 Å². The Morgan fingerprint density at radius 2 is 1.94 bits per heavy atom. The van der Waals surface area contributed by atoms with Crippen LogP contribution in [0.15, 0.2) is 18.2 Å². The number of rotatable bonds is 8. The molecule has 0 amide bonds. The number of ether oxygens (including phenoxy) is 3. The Morgan fingerprint density at radius 3 is 2.61 bits per heavy atom. The van der Waals surface area contributed by atoms with Gasteiger partial charge in [-0.3, -0.25) is 0 Å². The van der Waals surface area contributed by atoms with Gasteiger partial charge in [-0.25, -0.2) is 0 Å². The average Bonchev–Trinajstić information content (AvgIpc) is 2.35. The Labute approximate surface area is 113 Å². The van der Waals surface area contributed by atoms with Crippen LogP contribution in [0.3, 0.4) is 0 Å². The molecule has 0 aliphatic rings. The topological polar surface area (TPSA) is 53.7 Å². The zero-order valence-electron chi connectivity index (χ0n) is 10.8. The molecule has 100 valence electrons. The second-order valence-electron chi connectivity index (χ2n) is 3.80. The van der Waals surface area contributed by atoms with Crippen LogP contribution in [0.5, 0.6) is 5.75 Å². The van der Waals surface area contributed by atoms with E-state index in [9.17, 15) is 0 Å². The molecule has 0 bridgehead atoms. The lowest BCUT2D eigenvalue weighted by molar-refractivity contribution is 0.0543. The summed E-state index contributed by atoms with van der Waals surface area (Å²) in [7, 11) is 1.64. The van der Waals surface area contributed by atoms with E-state index in [2.05, 4.69) is 0 Å². The molecule has 2 N–H and O–H groups in total. The van der Waals surface area contributed by atoms with Crippen molar-refractivity contribution in [3.05, 3.63) is 29.3 Å². The summed E-state index contributed by atoms with van der Waals surface area (Å²) in [5.74, 6) is 0.788. The van der Waals surface area contributed by atoms with Crippen molar-refractivity contribution in [3.63, 3.8) is 0 Å². The third-order valence-electron chi connectivity index (χ3n) is 2.39. The van der Waals surface area contributed by atoms with E-state index in [-0.39, 0.29) is 0 Å². The lowest BCUT2D eigenvalue weighted by Gasteiger charge is -2.11. The zero-order chi connectivity index (χ0) is 13.4. The van der Waals surface area contributed by atoms with Crippen LogP contribution < -0.4 is 10.5 Å². The first-order valence-electron chi connectivity index (χ1n) is 5.75. The van der Waals surface area contributed by atoms with Crippen molar-refractivity contribution < 1.29 is 14.2 Å². The maximum Gasteiger partial charge on any atom is 0.123 e. The first kappa shape index (κ1) is 14.9. The fraction of sp³-hybridized carbons (Fsp3) is 0.462. The van der Waals surface area contributed by atoms with Gasteiger partial charge in [-0.1, -0.05) is 24.4 Å². The van der Waals surface area contributed by atoms with Crippen LogP contribution in [-0.2, 0) is 9.47 Å². The van der Waals surface area contributed by atoms with E-state index in [1.165, 1.54) is 0 Å². The van der Waals surface area contributed by atoms with Crippen molar-refractivity contribution in [1.82, 2.24) is 0 Å². The summed E-state index contributed by atoms with van der Waals surface area (Å²) in [6.45, 7) is 4.16. The van der Waals surface area contributed by atoms with Crippen LogP contribution in [0.4, 0.5) is 0 Å². The van der Waals surface area contributed by atoms with E-state index < -0.39 is 0 Å². The number of methoxy groups -OCH3 is 1. The highest BCUT2D eigenvalue weighted by Gasteiger charge is 2.03. The lowest BCUT2D eigenvalue weighted by Crippen LogP contribution is -2.12. The maximum absolute atomic E-state index is 5.63. The fourth-order valence-electron chi connectivity index (χ4n) is 1.36. The molecule has 0 atom stereocenters. The summed E-state index contributed by atoms with van der Waals surface area (Å²) < 4.78 is 15.8. The molecule has 4 nitrogen and oxygen atoms in total. The number of hydrogen-bond acceptors (Lipinski definition) is 4. The van der Waals surface area contributed by atoms with Gasteiger partial charge in [0.2, 0.25) is 0 Å². The molecule has 0 aliphatic heterocycles. The van der Waals surface area contributed by atoms with E-state index in [0.717, 1.165) is 16.9 Å². The lowest BCUT2D eigenvalue weighted by atomic mass is 10.1. The molecule has 0 aromatic heterocycles. The molecule has 1 aromatic rings. The molecular formula is C13H19NO3S. The monoisotopic (exact) mass is 269 g/mol. The van der Waals surface area contributed by atoms with Crippen LogP contribution in [0.2, 0.25) is 0 Å². The van der Waals surface area contributed by atoms with E-state index in [1.807, 2.05) is 25.1 Å². The van der Waals surface area contributed by atoms with E-state index in [1.54, 1.807) is 7.11 Å². The first-order valence-corrected chi connectivity index (χ1v) is 6.16. The summed E-state index contributed by atoms with van der Waals surface area (Å²) in [6, 6.07) is 5.68. The quantitative estimate of drug-likeness (QED) is 0.575. The molecule has 0 saturated carbocycles. The number of nitrogens with two attached hydrogens (primary N) is 1. The minimum atomic E-state index is 0.371. The standard InChI is InChI=1S/C13H19NO3S/c1-10-3-4-11(13(14)18)9-12(10)17-8-7-16-6-5-15-2/h3-4,9H,5-8H2,1-2H3,(H2,14,18). The van der Waals surface area contributed by atoms with Crippen LogP contribution in [0.1, 0.15) is 11.1 Å². The second-order valence-corrected chi connectivity index (χ2v) is 4.24. The van der Waals surface area contributed by atoms with Gasteiger partial charge in [-0.2, -0.15) is 0 Å². The van der Waals surface area contributed by atoms with Crippen LogP contribution >= 0.6 is 12.2 Å². The fourth-order valence-corrected chi connectivity index (χ4v) is 1.49. The van der Waals surface area contributed by atoms with Crippen molar-refractivity contribution in [2.45, 2.75) is 6.92 Å². The zero-order valence-corrected chi connectivity index (χ0v) is 11.6. The summed E-state index contributed by atoms with van der Waals surface area (Å²) >= 11 is 4.93. The Hall–Kier alpha value is -1.17. The molecule has 0 unspecified atom stereocenters. The molecule has 0 fully saturated rings. The minimum absolute atomic E-state index is 0.371. The van der Waals surface area contributed by atoms with Gasteiger partial charge in [-0.05, 0) is 18.6 Å². The van der Waals surface area contributed by atoms with Gasteiger partial charge < -0.3 is 19.9 Å². The van der Waals surface area contributed by atoms with Gasteiger partial charge in [0.05, 0.1) is 19.8 Å². The van der Waals surface area contributed by atoms with E-state index in [4.69, 9.17) is 32.2 Å². The molecule has 18 heavy (non-hydrogen) atoms. The molecule has 1 rings (SSSR count). The maximum atomic E-state index is 5.63. The van der Waals surface area contributed by atoms with E-state index in [0.29, 0.717) is 31.4 Å². The highest BCUT2D eigenvalue weighted by Crippen LogP contribution is 2.19. The van der Waals surface area contributed by atoms with Crippen molar-refractivity contribution in [3.8, 4) is 5.75 Å². The Morgan fingerprint density at radius 1 is 1.22 bits per heavy atom. The van der Waals surface area contributed by atoms with Crippen molar-refractivity contribution in [2.24, 2.45) is 5.73 Å². The SMILES string of the molecule is COCCOCCOc1cc(C(N)=S)ccc1C. The van der Waals surface area contributed by atoms with Crippen molar-refractivity contribution >= 4 is 17.2 Å². The summed E-state index contributed by atoms with van der Waals surface area (Å²) in [6.07, 6.45) is 0. The molecular weight excluding hydrogens is 250 g/mol.